The van der Waals surface area contributed by atoms with Crippen molar-refractivity contribution in [2.75, 3.05) is 18.0 Å². The summed E-state index contributed by atoms with van der Waals surface area (Å²) in [7, 11) is 0. The molecule has 0 aromatic heterocycles. The second-order valence-electron chi connectivity index (χ2n) is 5.21. The molecule has 1 saturated heterocycles. The van der Waals surface area contributed by atoms with Gasteiger partial charge in [-0.05, 0) is 32.0 Å². The number of alkyl halides is 3. The van der Waals surface area contributed by atoms with Crippen LogP contribution in [-0.2, 0) is 6.18 Å². The zero-order valence-corrected chi connectivity index (χ0v) is 11.3. The first-order chi connectivity index (χ1) is 9.31. The lowest BCUT2D eigenvalue weighted by molar-refractivity contribution is -0.137. The van der Waals surface area contributed by atoms with Gasteiger partial charge in [-0.15, -0.1) is 0 Å². The molecule has 0 bridgehead atoms. The maximum Gasteiger partial charge on any atom is 0.417 e. The Labute approximate surface area is 116 Å². The fourth-order valence-electron chi connectivity index (χ4n) is 2.60. The highest BCUT2D eigenvalue weighted by Crippen LogP contribution is 2.34. The molecule has 0 amide bonds. The van der Waals surface area contributed by atoms with E-state index in [1.165, 1.54) is 6.07 Å². The number of halogens is 3. The summed E-state index contributed by atoms with van der Waals surface area (Å²) in [4.78, 5) is 1.92. The average molecular weight is 283 g/mol. The van der Waals surface area contributed by atoms with E-state index in [9.17, 15) is 13.2 Å². The van der Waals surface area contributed by atoms with Crippen LogP contribution < -0.4 is 10.2 Å². The number of benzene rings is 1. The minimum absolute atomic E-state index is 0.212. The van der Waals surface area contributed by atoms with Gasteiger partial charge >= 0.3 is 6.18 Å². The summed E-state index contributed by atoms with van der Waals surface area (Å²) in [5.74, 6) is 0. The summed E-state index contributed by atoms with van der Waals surface area (Å²) >= 11 is 0. The third kappa shape index (κ3) is 3.05. The topological polar surface area (TPSA) is 39.1 Å². The van der Waals surface area contributed by atoms with Crippen LogP contribution in [0.3, 0.4) is 0 Å². The van der Waals surface area contributed by atoms with Gasteiger partial charge < -0.3 is 10.2 Å². The SMILES string of the molecule is C[C@@H]1CN(c2ccc(C#N)c(C(F)(F)F)c2)C[C@H](C)N1. The lowest BCUT2D eigenvalue weighted by Crippen LogP contribution is -2.54. The number of hydrogen-bond acceptors (Lipinski definition) is 3. The molecule has 0 spiro atoms. The Balaban J connectivity index is 2.36. The smallest absolute Gasteiger partial charge is 0.368 e. The van der Waals surface area contributed by atoms with E-state index in [1.807, 2.05) is 18.7 Å². The van der Waals surface area contributed by atoms with Gasteiger partial charge in [0.25, 0.3) is 0 Å². The molecule has 0 radical (unpaired) electrons. The van der Waals surface area contributed by atoms with Crippen LogP contribution in [0.5, 0.6) is 0 Å². The van der Waals surface area contributed by atoms with Crippen molar-refractivity contribution < 1.29 is 13.2 Å². The molecule has 20 heavy (non-hydrogen) atoms. The minimum Gasteiger partial charge on any atom is -0.368 e. The highest BCUT2D eigenvalue weighted by Gasteiger charge is 2.34. The van der Waals surface area contributed by atoms with Gasteiger partial charge in [-0.3, -0.25) is 0 Å². The number of piperazine rings is 1. The Morgan fingerprint density at radius 2 is 1.85 bits per heavy atom. The van der Waals surface area contributed by atoms with Crippen LogP contribution in [0.2, 0.25) is 0 Å². The predicted molar refractivity (Wildman–Crippen MR) is 70.4 cm³/mol. The van der Waals surface area contributed by atoms with E-state index in [0.717, 1.165) is 6.07 Å². The molecule has 1 aromatic rings. The largest absolute Gasteiger partial charge is 0.417 e. The number of nitrogens with one attached hydrogen (secondary N) is 1. The normalized spacial score (nSPS) is 23.5. The molecule has 2 atom stereocenters. The molecule has 6 heteroatoms. The number of anilines is 1. The molecular weight excluding hydrogens is 267 g/mol. The minimum atomic E-state index is -4.51. The van der Waals surface area contributed by atoms with Crippen LogP contribution in [-0.4, -0.2) is 25.2 Å². The second-order valence-corrected chi connectivity index (χ2v) is 5.21. The zero-order chi connectivity index (χ0) is 14.9. The molecule has 0 aliphatic carbocycles. The number of nitriles is 1. The van der Waals surface area contributed by atoms with Crippen molar-refractivity contribution in [3.05, 3.63) is 29.3 Å². The quantitative estimate of drug-likeness (QED) is 0.861. The van der Waals surface area contributed by atoms with Gasteiger partial charge in [0.05, 0.1) is 17.2 Å². The summed E-state index contributed by atoms with van der Waals surface area (Å²) in [5.41, 5.74) is -0.689. The molecule has 1 fully saturated rings. The molecule has 1 N–H and O–H groups in total. The van der Waals surface area contributed by atoms with Crippen molar-refractivity contribution in [3.63, 3.8) is 0 Å². The lowest BCUT2D eigenvalue weighted by Gasteiger charge is -2.38. The molecule has 1 heterocycles. The predicted octanol–water partition coefficient (Wildman–Crippen LogP) is 2.76. The first kappa shape index (κ1) is 14.7. The Morgan fingerprint density at radius 3 is 2.35 bits per heavy atom. The van der Waals surface area contributed by atoms with E-state index in [1.54, 1.807) is 12.1 Å². The van der Waals surface area contributed by atoms with Gasteiger partial charge in [-0.25, -0.2) is 0 Å². The van der Waals surface area contributed by atoms with Crippen molar-refractivity contribution in [3.8, 4) is 6.07 Å². The van der Waals surface area contributed by atoms with E-state index in [-0.39, 0.29) is 17.6 Å². The van der Waals surface area contributed by atoms with E-state index >= 15 is 0 Å². The van der Waals surface area contributed by atoms with Crippen LogP contribution in [0, 0.1) is 11.3 Å². The standard InChI is InChI=1S/C14H16F3N3/c1-9-7-20(8-10(2)19-9)12-4-3-11(6-18)13(5-12)14(15,16)17/h3-5,9-10,19H,7-8H2,1-2H3/t9-,10+. The monoisotopic (exact) mass is 283 g/mol. The number of rotatable bonds is 1. The van der Waals surface area contributed by atoms with Gasteiger partial charge in [0.15, 0.2) is 0 Å². The third-order valence-electron chi connectivity index (χ3n) is 3.35. The zero-order valence-electron chi connectivity index (χ0n) is 11.3. The Hall–Kier alpha value is -1.74. The molecule has 108 valence electrons. The molecule has 3 nitrogen and oxygen atoms in total. The van der Waals surface area contributed by atoms with Crippen LogP contribution in [0.1, 0.15) is 25.0 Å². The summed E-state index contributed by atoms with van der Waals surface area (Å²) in [6, 6.07) is 5.92. The van der Waals surface area contributed by atoms with Gasteiger partial charge in [-0.2, -0.15) is 18.4 Å². The van der Waals surface area contributed by atoms with Crippen molar-refractivity contribution >= 4 is 5.69 Å². The van der Waals surface area contributed by atoms with Crippen molar-refractivity contribution in [2.45, 2.75) is 32.1 Å². The Bertz CT molecular complexity index is 523. The van der Waals surface area contributed by atoms with Gasteiger partial charge in [0.1, 0.15) is 0 Å². The first-order valence-corrected chi connectivity index (χ1v) is 6.43. The summed E-state index contributed by atoms with van der Waals surface area (Å²) in [6.07, 6.45) is -4.51. The van der Waals surface area contributed by atoms with Crippen LogP contribution in [0.15, 0.2) is 18.2 Å². The summed E-state index contributed by atoms with van der Waals surface area (Å²) in [5, 5.41) is 12.1. The van der Waals surface area contributed by atoms with Gasteiger partial charge in [0.2, 0.25) is 0 Å². The van der Waals surface area contributed by atoms with Crippen molar-refractivity contribution in [1.82, 2.24) is 5.32 Å². The van der Waals surface area contributed by atoms with E-state index in [0.29, 0.717) is 18.8 Å². The van der Waals surface area contributed by atoms with E-state index < -0.39 is 11.7 Å². The molecule has 1 aliphatic heterocycles. The van der Waals surface area contributed by atoms with E-state index in [2.05, 4.69) is 5.32 Å². The second kappa shape index (κ2) is 5.33. The maximum atomic E-state index is 13.0. The molecule has 0 saturated carbocycles. The fraction of sp³-hybridized carbons (Fsp3) is 0.500. The third-order valence-corrected chi connectivity index (χ3v) is 3.35. The van der Waals surface area contributed by atoms with Crippen molar-refractivity contribution in [2.24, 2.45) is 0 Å². The summed E-state index contributed by atoms with van der Waals surface area (Å²) in [6.45, 7) is 5.29. The molecule has 0 unspecified atom stereocenters. The van der Waals surface area contributed by atoms with Crippen LogP contribution >= 0.6 is 0 Å². The van der Waals surface area contributed by atoms with Crippen molar-refractivity contribution in [1.29, 1.82) is 5.26 Å². The first-order valence-electron chi connectivity index (χ1n) is 6.43. The number of hydrogen-bond donors (Lipinski definition) is 1. The van der Waals surface area contributed by atoms with Gasteiger partial charge in [0, 0.05) is 30.9 Å². The molecular formula is C14H16F3N3. The molecule has 1 aliphatic rings. The van der Waals surface area contributed by atoms with E-state index in [4.69, 9.17) is 5.26 Å². The Morgan fingerprint density at radius 1 is 1.25 bits per heavy atom. The highest BCUT2D eigenvalue weighted by molar-refractivity contribution is 5.55. The highest BCUT2D eigenvalue weighted by atomic mass is 19.4. The van der Waals surface area contributed by atoms with Crippen LogP contribution in [0.25, 0.3) is 0 Å². The van der Waals surface area contributed by atoms with Gasteiger partial charge in [-0.1, -0.05) is 0 Å². The number of nitrogens with zero attached hydrogens (tertiary/aromatic N) is 2. The lowest BCUT2D eigenvalue weighted by atomic mass is 10.0. The molecule has 2 rings (SSSR count). The average Bonchev–Trinajstić information content (AvgIpc) is 2.35. The van der Waals surface area contributed by atoms with Crippen LogP contribution in [0.4, 0.5) is 18.9 Å². The fourth-order valence-corrected chi connectivity index (χ4v) is 2.60. The maximum absolute atomic E-state index is 13.0. The molecule has 1 aromatic carbocycles. The summed E-state index contributed by atoms with van der Waals surface area (Å²) < 4.78 is 38.9. The Kier molecular flexibility index (Phi) is 3.91.